The average molecular weight is 198 g/mol. The summed E-state index contributed by atoms with van der Waals surface area (Å²) in [6.45, 7) is 12.6. The van der Waals surface area contributed by atoms with E-state index in [0.717, 1.165) is 12.6 Å². The fraction of sp³-hybridized carbons (Fsp3) is 1.00. The minimum atomic E-state index is 0.274. The van der Waals surface area contributed by atoms with Crippen LogP contribution in [0.5, 0.6) is 0 Å². The van der Waals surface area contributed by atoms with E-state index < -0.39 is 0 Å². The van der Waals surface area contributed by atoms with E-state index in [1.807, 2.05) is 0 Å². The van der Waals surface area contributed by atoms with E-state index in [1.54, 1.807) is 0 Å². The number of piperidine rings is 1. The zero-order valence-electron chi connectivity index (χ0n) is 10.6. The molecule has 1 aliphatic heterocycles. The van der Waals surface area contributed by atoms with Crippen LogP contribution in [0.3, 0.4) is 0 Å². The van der Waals surface area contributed by atoms with E-state index in [0.29, 0.717) is 0 Å². The van der Waals surface area contributed by atoms with Gasteiger partial charge in [0, 0.05) is 17.1 Å². The number of hydrogen-bond acceptors (Lipinski definition) is 2. The largest absolute Gasteiger partial charge is 0.307 e. The Hall–Kier alpha value is -0.0800. The van der Waals surface area contributed by atoms with Crippen LogP contribution in [0.25, 0.3) is 0 Å². The standard InChI is InChI=1S/C12H26N2/c1-7-14(6)10-8-11(2,3)13-12(4,5)9-10/h10,13H,7-9H2,1-6H3. The molecule has 0 atom stereocenters. The Balaban J connectivity index is 2.71. The molecule has 0 radical (unpaired) electrons. The number of nitrogens with one attached hydrogen (secondary N) is 1. The Morgan fingerprint density at radius 1 is 1.14 bits per heavy atom. The Morgan fingerprint density at radius 2 is 1.57 bits per heavy atom. The lowest BCUT2D eigenvalue weighted by Gasteiger charge is -2.48. The van der Waals surface area contributed by atoms with Crippen molar-refractivity contribution in [2.75, 3.05) is 13.6 Å². The van der Waals surface area contributed by atoms with Crippen LogP contribution in [-0.2, 0) is 0 Å². The fourth-order valence-corrected chi connectivity index (χ4v) is 2.84. The molecule has 0 aromatic rings. The van der Waals surface area contributed by atoms with Crippen molar-refractivity contribution in [1.82, 2.24) is 10.2 Å². The molecular weight excluding hydrogens is 172 g/mol. The molecule has 0 aromatic heterocycles. The first-order valence-electron chi connectivity index (χ1n) is 5.75. The molecule has 1 aliphatic rings. The maximum atomic E-state index is 3.71. The molecule has 0 spiro atoms. The second-order valence-electron chi connectivity index (χ2n) is 6.03. The first-order valence-corrected chi connectivity index (χ1v) is 5.75. The van der Waals surface area contributed by atoms with E-state index in [9.17, 15) is 0 Å². The molecular formula is C12H26N2. The van der Waals surface area contributed by atoms with Crippen molar-refractivity contribution in [2.24, 2.45) is 0 Å². The third-order valence-electron chi connectivity index (χ3n) is 3.29. The highest BCUT2D eigenvalue weighted by Gasteiger charge is 2.38. The topological polar surface area (TPSA) is 15.3 Å². The van der Waals surface area contributed by atoms with Crippen LogP contribution >= 0.6 is 0 Å². The minimum Gasteiger partial charge on any atom is -0.307 e. The minimum absolute atomic E-state index is 0.274. The second-order valence-corrected chi connectivity index (χ2v) is 6.03. The van der Waals surface area contributed by atoms with E-state index in [2.05, 4.69) is 51.9 Å². The van der Waals surface area contributed by atoms with E-state index in [4.69, 9.17) is 0 Å². The van der Waals surface area contributed by atoms with Gasteiger partial charge in [-0.1, -0.05) is 6.92 Å². The molecule has 2 nitrogen and oxygen atoms in total. The molecule has 14 heavy (non-hydrogen) atoms. The molecule has 0 aliphatic carbocycles. The van der Waals surface area contributed by atoms with Crippen LogP contribution < -0.4 is 5.32 Å². The number of nitrogens with zero attached hydrogens (tertiary/aromatic N) is 1. The summed E-state index contributed by atoms with van der Waals surface area (Å²) < 4.78 is 0. The molecule has 0 bridgehead atoms. The average Bonchev–Trinajstić information content (AvgIpc) is 1.97. The van der Waals surface area contributed by atoms with Crippen molar-refractivity contribution in [2.45, 2.75) is 64.6 Å². The molecule has 0 amide bonds. The molecule has 1 saturated heterocycles. The summed E-state index contributed by atoms with van der Waals surface area (Å²) in [5.41, 5.74) is 0.547. The van der Waals surface area contributed by atoms with Gasteiger partial charge in [0.25, 0.3) is 0 Å². The van der Waals surface area contributed by atoms with Gasteiger partial charge in [0.05, 0.1) is 0 Å². The van der Waals surface area contributed by atoms with Crippen molar-refractivity contribution >= 4 is 0 Å². The summed E-state index contributed by atoms with van der Waals surface area (Å²) in [6.07, 6.45) is 2.50. The Labute approximate surface area is 89.1 Å². The van der Waals surface area contributed by atoms with E-state index in [-0.39, 0.29) is 11.1 Å². The lowest BCUT2D eigenvalue weighted by atomic mass is 9.79. The van der Waals surface area contributed by atoms with Crippen molar-refractivity contribution in [3.63, 3.8) is 0 Å². The van der Waals surface area contributed by atoms with E-state index >= 15 is 0 Å². The zero-order chi connectivity index (χ0) is 11.0. The molecule has 1 N–H and O–H groups in total. The van der Waals surface area contributed by atoms with Gasteiger partial charge in [-0.3, -0.25) is 0 Å². The smallest absolute Gasteiger partial charge is 0.0145 e. The molecule has 0 saturated carbocycles. The molecule has 0 aromatic carbocycles. The van der Waals surface area contributed by atoms with Gasteiger partial charge < -0.3 is 10.2 Å². The van der Waals surface area contributed by atoms with Gasteiger partial charge in [-0.05, 0) is 54.1 Å². The van der Waals surface area contributed by atoms with Crippen molar-refractivity contribution in [3.8, 4) is 0 Å². The first-order chi connectivity index (χ1) is 6.26. The highest BCUT2D eigenvalue weighted by molar-refractivity contribution is 4.99. The molecule has 2 heteroatoms. The van der Waals surface area contributed by atoms with Crippen LogP contribution in [-0.4, -0.2) is 35.6 Å². The third-order valence-corrected chi connectivity index (χ3v) is 3.29. The third kappa shape index (κ3) is 2.96. The highest BCUT2D eigenvalue weighted by atomic mass is 15.2. The summed E-state index contributed by atoms with van der Waals surface area (Å²) in [6, 6.07) is 0.728. The molecule has 0 unspecified atom stereocenters. The summed E-state index contributed by atoms with van der Waals surface area (Å²) >= 11 is 0. The predicted octanol–water partition coefficient (Wildman–Crippen LogP) is 2.25. The van der Waals surface area contributed by atoms with Crippen molar-refractivity contribution in [3.05, 3.63) is 0 Å². The van der Waals surface area contributed by atoms with Crippen LogP contribution in [0.2, 0.25) is 0 Å². The van der Waals surface area contributed by atoms with Gasteiger partial charge in [-0.15, -0.1) is 0 Å². The molecule has 1 rings (SSSR count). The number of hydrogen-bond donors (Lipinski definition) is 1. The second kappa shape index (κ2) is 3.82. The van der Waals surface area contributed by atoms with Gasteiger partial charge >= 0.3 is 0 Å². The quantitative estimate of drug-likeness (QED) is 0.732. The maximum absolute atomic E-state index is 3.71. The maximum Gasteiger partial charge on any atom is 0.0145 e. The summed E-state index contributed by atoms with van der Waals surface area (Å²) in [4.78, 5) is 2.48. The molecule has 84 valence electrons. The molecule has 1 heterocycles. The van der Waals surface area contributed by atoms with Gasteiger partial charge in [-0.2, -0.15) is 0 Å². The van der Waals surface area contributed by atoms with Gasteiger partial charge in [-0.25, -0.2) is 0 Å². The van der Waals surface area contributed by atoms with Crippen LogP contribution in [0.1, 0.15) is 47.5 Å². The summed E-state index contributed by atoms with van der Waals surface area (Å²) in [7, 11) is 2.24. The predicted molar refractivity (Wildman–Crippen MR) is 62.6 cm³/mol. The van der Waals surface area contributed by atoms with Crippen LogP contribution in [0.4, 0.5) is 0 Å². The highest BCUT2D eigenvalue weighted by Crippen LogP contribution is 2.30. The van der Waals surface area contributed by atoms with E-state index in [1.165, 1.54) is 12.8 Å². The van der Waals surface area contributed by atoms with Gasteiger partial charge in [0.1, 0.15) is 0 Å². The van der Waals surface area contributed by atoms with Gasteiger partial charge in [0.15, 0.2) is 0 Å². The fourth-order valence-electron chi connectivity index (χ4n) is 2.84. The zero-order valence-corrected chi connectivity index (χ0v) is 10.6. The Kier molecular flexibility index (Phi) is 3.27. The SMILES string of the molecule is CCN(C)C1CC(C)(C)NC(C)(C)C1. The van der Waals surface area contributed by atoms with Crippen LogP contribution in [0.15, 0.2) is 0 Å². The van der Waals surface area contributed by atoms with Gasteiger partial charge in [0.2, 0.25) is 0 Å². The summed E-state index contributed by atoms with van der Waals surface area (Å²) in [5, 5.41) is 3.71. The van der Waals surface area contributed by atoms with Crippen LogP contribution in [0, 0.1) is 0 Å². The normalized spacial score (nSPS) is 26.8. The lowest BCUT2D eigenvalue weighted by Crippen LogP contribution is -2.61. The summed E-state index contributed by atoms with van der Waals surface area (Å²) in [5.74, 6) is 0. The van der Waals surface area contributed by atoms with Crippen molar-refractivity contribution < 1.29 is 0 Å². The Morgan fingerprint density at radius 3 is 1.93 bits per heavy atom. The Bertz CT molecular complexity index is 180. The molecule has 1 fully saturated rings. The number of rotatable bonds is 2. The van der Waals surface area contributed by atoms with Crippen molar-refractivity contribution in [1.29, 1.82) is 0 Å². The lowest BCUT2D eigenvalue weighted by molar-refractivity contribution is 0.0846. The monoisotopic (exact) mass is 198 g/mol. The first kappa shape index (κ1) is 12.0.